The van der Waals surface area contributed by atoms with Crippen molar-refractivity contribution in [3.8, 4) is 0 Å². The summed E-state index contributed by atoms with van der Waals surface area (Å²) >= 11 is 0. The normalized spacial score (nSPS) is 14.5. The predicted molar refractivity (Wildman–Crippen MR) is 87.4 cm³/mol. The van der Waals surface area contributed by atoms with Crippen molar-refractivity contribution in [2.24, 2.45) is 0 Å². The molecule has 1 aliphatic heterocycles. The van der Waals surface area contributed by atoms with Crippen LogP contribution in [0.5, 0.6) is 0 Å². The molecule has 3 rings (SSSR count). The van der Waals surface area contributed by atoms with E-state index < -0.39 is 0 Å². The van der Waals surface area contributed by atoms with Gasteiger partial charge in [-0.25, -0.2) is 14.4 Å². The number of hydrogen-bond acceptors (Lipinski definition) is 5. The SMILES string of the molecule is Cc1cc(CNC(=O)c2ccc(F)cc2)nc(N2CCOCC2)n1. The van der Waals surface area contributed by atoms with Gasteiger partial charge in [0, 0.05) is 24.3 Å². The second-order valence-corrected chi connectivity index (χ2v) is 5.59. The fraction of sp³-hybridized carbons (Fsp3) is 0.353. The van der Waals surface area contributed by atoms with E-state index in [1.807, 2.05) is 13.0 Å². The quantitative estimate of drug-likeness (QED) is 0.924. The molecule has 126 valence electrons. The van der Waals surface area contributed by atoms with Crippen LogP contribution in [0.2, 0.25) is 0 Å². The molecule has 1 N–H and O–H groups in total. The van der Waals surface area contributed by atoms with Gasteiger partial charge in [0.05, 0.1) is 25.5 Å². The van der Waals surface area contributed by atoms with E-state index in [2.05, 4.69) is 20.2 Å². The first-order valence-electron chi connectivity index (χ1n) is 7.83. The van der Waals surface area contributed by atoms with Crippen molar-refractivity contribution in [1.29, 1.82) is 0 Å². The molecule has 0 spiro atoms. The summed E-state index contributed by atoms with van der Waals surface area (Å²) in [6.07, 6.45) is 0. The minimum Gasteiger partial charge on any atom is -0.378 e. The van der Waals surface area contributed by atoms with Crippen LogP contribution < -0.4 is 10.2 Å². The van der Waals surface area contributed by atoms with Crippen LogP contribution in [0.4, 0.5) is 10.3 Å². The third-order valence-electron chi connectivity index (χ3n) is 3.73. The minimum atomic E-state index is -0.367. The van der Waals surface area contributed by atoms with E-state index in [9.17, 15) is 9.18 Å². The summed E-state index contributed by atoms with van der Waals surface area (Å²) in [5.74, 6) is 0.0247. The topological polar surface area (TPSA) is 67.4 Å². The van der Waals surface area contributed by atoms with Gasteiger partial charge in [-0.1, -0.05) is 0 Å². The lowest BCUT2D eigenvalue weighted by molar-refractivity contribution is 0.0950. The second-order valence-electron chi connectivity index (χ2n) is 5.59. The van der Waals surface area contributed by atoms with Crippen LogP contribution in [0.25, 0.3) is 0 Å². The number of aromatic nitrogens is 2. The molecule has 1 saturated heterocycles. The van der Waals surface area contributed by atoms with Crippen LogP contribution >= 0.6 is 0 Å². The van der Waals surface area contributed by atoms with Gasteiger partial charge in [0.1, 0.15) is 5.82 Å². The number of amides is 1. The number of nitrogens with one attached hydrogen (secondary N) is 1. The van der Waals surface area contributed by atoms with Gasteiger partial charge in [0.15, 0.2) is 0 Å². The zero-order chi connectivity index (χ0) is 16.9. The average Bonchev–Trinajstić information content (AvgIpc) is 2.60. The third-order valence-corrected chi connectivity index (χ3v) is 3.73. The molecule has 6 nitrogen and oxygen atoms in total. The van der Waals surface area contributed by atoms with Crippen molar-refractivity contribution in [1.82, 2.24) is 15.3 Å². The van der Waals surface area contributed by atoms with Crippen LogP contribution in [-0.2, 0) is 11.3 Å². The highest BCUT2D eigenvalue weighted by molar-refractivity contribution is 5.94. The van der Waals surface area contributed by atoms with Crippen LogP contribution in [0.3, 0.4) is 0 Å². The number of carbonyl (C=O) groups excluding carboxylic acids is 1. The molecule has 2 aromatic rings. The van der Waals surface area contributed by atoms with Crippen molar-refractivity contribution >= 4 is 11.9 Å². The van der Waals surface area contributed by atoms with E-state index in [1.54, 1.807) is 0 Å². The number of hydrogen-bond donors (Lipinski definition) is 1. The lowest BCUT2D eigenvalue weighted by Crippen LogP contribution is -2.37. The zero-order valence-corrected chi connectivity index (χ0v) is 13.5. The van der Waals surface area contributed by atoms with Crippen molar-refractivity contribution in [2.75, 3.05) is 31.2 Å². The molecule has 0 unspecified atom stereocenters. The predicted octanol–water partition coefficient (Wildman–Crippen LogP) is 1.69. The highest BCUT2D eigenvalue weighted by Crippen LogP contribution is 2.12. The Morgan fingerprint density at radius 3 is 2.67 bits per heavy atom. The standard InChI is InChI=1S/C17H19FN4O2/c1-12-10-15(21-17(20-12)22-6-8-24-9-7-22)11-19-16(23)13-2-4-14(18)5-3-13/h2-5,10H,6-9,11H2,1H3,(H,19,23). The Balaban J connectivity index is 1.67. The van der Waals surface area contributed by atoms with E-state index in [4.69, 9.17) is 4.74 Å². The molecule has 1 aromatic carbocycles. The Morgan fingerprint density at radius 1 is 1.25 bits per heavy atom. The number of anilines is 1. The molecule has 1 amide bonds. The van der Waals surface area contributed by atoms with Gasteiger partial charge in [-0.05, 0) is 37.3 Å². The third kappa shape index (κ3) is 4.05. The number of morpholine rings is 1. The summed E-state index contributed by atoms with van der Waals surface area (Å²) in [5, 5.41) is 2.80. The average molecular weight is 330 g/mol. The molecule has 0 saturated carbocycles. The van der Waals surface area contributed by atoms with Crippen molar-refractivity contribution in [3.63, 3.8) is 0 Å². The number of halogens is 1. The first kappa shape index (κ1) is 16.3. The van der Waals surface area contributed by atoms with Crippen molar-refractivity contribution in [3.05, 3.63) is 53.1 Å². The van der Waals surface area contributed by atoms with Crippen LogP contribution in [0.1, 0.15) is 21.7 Å². The molecule has 2 heterocycles. The first-order chi connectivity index (χ1) is 11.6. The molecule has 0 radical (unpaired) electrons. The van der Waals surface area contributed by atoms with Gasteiger partial charge in [0.2, 0.25) is 5.95 Å². The van der Waals surface area contributed by atoms with E-state index >= 15 is 0 Å². The van der Waals surface area contributed by atoms with E-state index in [1.165, 1.54) is 24.3 Å². The first-order valence-corrected chi connectivity index (χ1v) is 7.83. The van der Waals surface area contributed by atoms with Gasteiger partial charge < -0.3 is 15.0 Å². The van der Waals surface area contributed by atoms with Crippen LogP contribution in [0, 0.1) is 12.7 Å². The van der Waals surface area contributed by atoms with Gasteiger partial charge >= 0.3 is 0 Å². The molecule has 24 heavy (non-hydrogen) atoms. The number of carbonyl (C=O) groups is 1. The molecule has 1 aliphatic rings. The summed E-state index contributed by atoms with van der Waals surface area (Å²) in [7, 11) is 0. The minimum absolute atomic E-state index is 0.265. The molecule has 0 atom stereocenters. The highest BCUT2D eigenvalue weighted by atomic mass is 19.1. The van der Waals surface area contributed by atoms with Gasteiger partial charge in [-0.15, -0.1) is 0 Å². The lowest BCUT2D eigenvalue weighted by atomic mass is 10.2. The maximum absolute atomic E-state index is 12.9. The number of aryl methyl sites for hydroxylation is 1. The lowest BCUT2D eigenvalue weighted by Gasteiger charge is -2.27. The Morgan fingerprint density at radius 2 is 1.96 bits per heavy atom. The largest absolute Gasteiger partial charge is 0.378 e. The Kier molecular flexibility index (Phi) is 5.00. The zero-order valence-electron chi connectivity index (χ0n) is 13.5. The Hall–Kier alpha value is -2.54. The molecule has 1 fully saturated rings. The Labute approximate surface area is 139 Å². The number of ether oxygens (including phenoxy) is 1. The molecule has 0 bridgehead atoms. The monoisotopic (exact) mass is 330 g/mol. The highest BCUT2D eigenvalue weighted by Gasteiger charge is 2.15. The maximum atomic E-state index is 12.9. The summed E-state index contributed by atoms with van der Waals surface area (Å²) in [4.78, 5) is 23.1. The number of rotatable bonds is 4. The van der Waals surface area contributed by atoms with Crippen molar-refractivity contribution < 1.29 is 13.9 Å². The molecular weight excluding hydrogens is 311 g/mol. The summed E-state index contributed by atoms with van der Waals surface area (Å²) in [6, 6.07) is 7.28. The van der Waals surface area contributed by atoms with Gasteiger partial charge in [0.25, 0.3) is 5.91 Å². The molecule has 0 aliphatic carbocycles. The second kappa shape index (κ2) is 7.35. The number of benzene rings is 1. The smallest absolute Gasteiger partial charge is 0.251 e. The molecular formula is C17H19FN4O2. The molecule has 1 aromatic heterocycles. The van der Waals surface area contributed by atoms with E-state index in [0.29, 0.717) is 24.7 Å². The van der Waals surface area contributed by atoms with E-state index in [0.717, 1.165) is 24.5 Å². The van der Waals surface area contributed by atoms with Gasteiger partial charge in [-0.2, -0.15) is 0 Å². The fourth-order valence-corrected chi connectivity index (χ4v) is 2.49. The van der Waals surface area contributed by atoms with Crippen molar-refractivity contribution in [2.45, 2.75) is 13.5 Å². The van der Waals surface area contributed by atoms with Gasteiger partial charge in [-0.3, -0.25) is 4.79 Å². The Bertz CT molecular complexity index is 715. The summed E-state index contributed by atoms with van der Waals surface area (Å²) in [6.45, 7) is 5.02. The van der Waals surface area contributed by atoms with E-state index in [-0.39, 0.29) is 18.3 Å². The number of nitrogens with zero attached hydrogens (tertiary/aromatic N) is 3. The summed E-state index contributed by atoms with van der Waals surface area (Å²) in [5.41, 5.74) is 1.99. The van der Waals surface area contributed by atoms with Crippen LogP contribution in [-0.4, -0.2) is 42.2 Å². The molecule has 7 heteroatoms. The summed E-state index contributed by atoms with van der Waals surface area (Å²) < 4.78 is 18.2. The fourth-order valence-electron chi connectivity index (χ4n) is 2.49. The van der Waals surface area contributed by atoms with Crippen LogP contribution in [0.15, 0.2) is 30.3 Å². The maximum Gasteiger partial charge on any atom is 0.251 e.